The second kappa shape index (κ2) is 4.53. The molecule has 0 saturated carbocycles. The Hall–Kier alpha value is -2.55. The third-order valence-electron chi connectivity index (χ3n) is 3.40. The van der Waals surface area contributed by atoms with Crippen LogP contribution in [0.15, 0.2) is 51.7 Å². The van der Waals surface area contributed by atoms with Crippen LogP contribution < -0.4 is 5.63 Å². The average molecular weight is 266 g/mol. The fraction of sp³-hybridized carbons (Fsp3) is 0.118. The highest BCUT2D eigenvalue weighted by Gasteiger charge is 2.10. The summed E-state index contributed by atoms with van der Waals surface area (Å²) in [6, 6.07) is 12.4. The van der Waals surface area contributed by atoms with Gasteiger partial charge in [-0.2, -0.15) is 0 Å². The molecule has 0 spiro atoms. The third-order valence-corrected chi connectivity index (χ3v) is 3.40. The zero-order chi connectivity index (χ0) is 14.3. The van der Waals surface area contributed by atoms with Gasteiger partial charge in [0.1, 0.15) is 11.3 Å². The molecule has 0 aliphatic rings. The average Bonchev–Trinajstić information content (AvgIpc) is 2.37. The molecule has 1 N–H and O–H groups in total. The maximum atomic E-state index is 11.7. The fourth-order valence-electron chi connectivity index (χ4n) is 2.49. The molecule has 0 radical (unpaired) electrons. The SMILES string of the molecule is Cc1ccc(-c2cc(=O)oc3cc(O)ccc23)c(C)c1. The van der Waals surface area contributed by atoms with Crippen molar-refractivity contribution in [2.45, 2.75) is 13.8 Å². The summed E-state index contributed by atoms with van der Waals surface area (Å²) in [4.78, 5) is 11.7. The molecule has 0 fully saturated rings. The van der Waals surface area contributed by atoms with Gasteiger partial charge in [-0.05, 0) is 37.1 Å². The van der Waals surface area contributed by atoms with Gasteiger partial charge >= 0.3 is 5.63 Å². The van der Waals surface area contributed by atoms with Crippen LogP contribution in [0.25, 0.3) is 22.1 Å². The highest BCUT2D eigenvalue weighted by molar-refractivity contribution is 5.94. The molecule has 1 aromatic heterocycles. The van der Waals surface area contributed by atoms with E-state index >= 15 is 0 Å². The van der Waals surface area contributed by atoms with E-state index in [-0.39, 0.29) is 5.75 Å². The fourth-order valence-corrected chi connectivity index (χ4v) is 2.49. The van der Waals surface area contributed by atoms with Crippen LogP contribution in [0.4, 0.5) is 0 Å². The van der Waals surface area contributed by atoms with Crippen molar-refractivity contribution in [1.82, 2.24) is 0 Å². The Kier molecular flexibility index (Phi) is 2.83. The molecular formula is C17H14O3. The normalized spacial score (nSPS) is 10.9. The Labute approximate surface area is 116 Å². The second-order valence-electron chi connectivity index (χ2n) is 4.98. The Morgan fingerprint density at radius 1 is 0.950 bits per heavy atom. The van der Waals surface area contributed by atoms with Crippen molar-refractivity contribution in [2.75, 3.05) is 0 Å². The lowest BCUT2D eigenvalue weighted by atomic mass is 9.96. The zero-order valence-corrected chi connectivity index (χ0v) is 11.3. The van der Waals surface area contributed by atoms with Gasteiger partial charge in [-0.15, -0.1) is 0 Å². The van der Waals surface area contributed by atoms with Crippen LogP contribution in [0.2, 0.25) is 0 Å². The predicted molar refractivity (Wildman–Crippen MR) is 79.1 cm³/mol. The van der Waals surface area contributed by atoms with E-state index in [1.165, 1.54) is 17.7 Å². The Morgan fingerprint density at radius 2 is 1.75 bits per heavy atom. The van der Waals surface area contributed by atoms with Crippen molar-refractivity contribution in [3.63, 3.8) is 0 Å². The number of hydrogen-bond acceptors (Lipinski definition) is 3. The lowest BCUT2D eigenvalue weighted by Gasteiger charge is -2.09. The van der Waals surface area contributed by atoms with E-state index in [2.05, 4.69) is 6.07 Å². The van der Waals surface area contributed by atoms with E-state index < -0.39 is 5.63 Å². The van der Waals surface area contributed by atoms with Gasteiger partial charge in [0.2, 0.25) is 0 Å². The summed E-state index contributed by atoms with van der Waals surface area (Å²) in [5, 5.41) is 10.3. The molecule has 0 atom stereocenters. The van der Waals surface area contributed by atoms with Crippen LogP contribution in [0.5, 0.6) is 5.75 Å². The van der Waals surface area contributed by atoms with Gasteiger partial charge in [0.25, 0.3) is 0 Å². The second-order valence-corrected chi connectivity index (χ2v) is 4.98. The number of fused-ring (bicyclic) bond motifs is 1. The van der Waals surface area contributed by atoms with Crippen molar-refractivity contribution >= 4 is 11.0 Å². The van der Waals surface area contributed by atoms with Crippen molar-refractivity contribution < 1.29 is 9.52 Å². The topological polar surface area (TPSA) is 50.4 Å². The smallest absolute Gasteiger partial charge is 0.336 e. The molecule has 0 bridgehead atoms. The molecule has 3 aromatic rings. The molecule has 0 aliphatic heterocycles. The number of benzene rings is 2. The molecule has 0 unspecified atom stereocenters. The van der Waals surface area contributed by atoms with Gasteiger partial charge in [-0.1, -0.05) is 23.8 Å². The van der Waals surface area contributed by atoms with E-state index in [4.69, 9.17) is 4.42 Å². The van der Waals surface area contributed by atoms with Crippen LogP contribution in [0, 0.1) is 13.8 Å². The zero-order valence-electron chi connectivity index (χ0n) is 11.3. The highest BCUT2D eigenvalue weighted by Crippen LogP contribution is 2.31. The van der Waals surface area contributed by atoms with Gasteiger partial charge in [0.05, 0.1) is 0 Å². The Morgan fingerprint density at radius 3 is 2.50 bits per heavy atom. The summed E-state index contributed by atoms with van der Waals surface area (Å²) in [7, 11) is 0. The van der Waals surface area contributed by atoms with Gasteiger partial charge < -0.3 is 9.52 Å². The molecule has 0 amide bonds. The van der Waals surface area contributed by atoms with Crippen molar-refractivity contribution in [3.05, 3.63) is 64.0 Å². The van der Waals surface area contributed by atoms with Gasteiger partial charge in [-0.25, -0.2) is 4.79 Å². The quantitative estimate of drug-likeness (QED) is 0.682. The lowest BCUT2D eigenvalue weighted by Crippen LogP contribution is -1.99. The molecule has 3 rings (SSSR count). The van der Waals surface area contributed by atoms with E-state index in [0.717, 1.165) is 22.1 Å². The maximum absolute atomic E-state index is 11.7. The van der Waals surface area contributed by atoms with Crippen molar-refractivity contribution in [1.29, 1.82) is 0 Å². The molecular weight excluding hydrogens is 252 g/mol. The first kappa shape index (κ1) is 12.5. The number of phenolic OH excluding ortho intramolecular Hbond substituents is 1. The maximum Gasteiger partial charge on any atom is 0.336 e. The van der Waals surface area contributed by atoms with Gasteiger partial charge in [0.15, 0.2) is 0 Å². The Balaban J connectivity index is 2.38. The monoisotopic (exact) mass is 266 g/mol. The number of aryl methyl sites for hydroxylation is 2. The van der Waals surface area contributed by atoms with Crippen molar-refractivity contribution in [3.8, 4) is 16.9 Å². The molecule has 1 heterocycles. The number of phenols is 1. The summed E-state index contributed by atoms with van der Waals surface area (Å²) in [5.41, 5.74) is 4.08. The summed E-state index contributed by atoms with van der Waals surface area (Å²) in [6.07, 6.45) is 0. The van der Waals surface area contributed by atoms with Crippen LogP contribution in [-0.4, -0.2) is 5.11 Å². The minimum atomic E-state index is -0.418. The summed E-state index contributed by atoms with van der Waals surface area (Å²) in [5.74, 6) is 0.0819. The van der Waals surface area contributed by atoms with Crippen LogP contribution in [-0.2, 0) is 0 Å². The van der Waals surface area contributed by atoms with E-state index in [1.807, 2.05) is 26.0 Å². The molecule has 2 aromatic carbocycles. The summed E-state index contributed by atoms with van der Waals surface area (Å²) in [6.45, 7) is 4.05. The minimum absolute atomic E-state index is 0.0819. The van der Waals surface area contributed by atoms with Gasteiger partial charge in [-0.3, -0.25) is 0 Å². The first-order valence-corrected chi connectivity index (χ1v) is 6.39. The molecule has 3 heteroatoms. The Bertz CT molecular complexity index is 860. The highest BCUT2D eigenvalue weighted by atomic mass is 16.4. The number of hydrogen-bond donors (Lipinski definition) is 1. The number of rotatable bonds is 1. The first-order chi connectivity index (χ1) is 9.54. The molecule has 100 valence electrons. The molecule has 3 nitrogen and oxygen atoms in total. The molecule has 0 saturated heterocycles. The standard InChI is InChI=1S/C17H14O3/c1-10-3-5-13(11(2)7-10)15-9-17(19)20-16-8-12(18)4-6-14(15)16/h3-9,18H,1-2H3. The van der Waals surface area contributed by atoms with Crippen LogP contribution in [0.3, 0.4) is 0 Å². The van der Waals surface area contributed by atoms with Crippen LogP contribution >= 0.6 is 0 Å². The van der Waals surface area contributed by atoms with Gasteiger partial charge in [0, 0.05) is 23.1 Å². The van der Waals surface area contributed by atoms with E-state index in [1.54, 1.807) is 12.1 Å². The largest absolute Gasteiger partial charge is 0.508 e. The molecule has 20 heavy (non-hydrogen) atoms. The third kappa shape index (κ3) is 2.07. The van der Waals surface area contributed by atoms with E-state index in [0.29, 0.717) is 5.58 Å². The van der Waals surface area contributed by atoms with E-state index in [9.17, 15) is 9.90 Å². The minimum Gasteiger partial charge on any atom is -0.508 e. The number of aromatic hydroxyl groups is 1. The lowest BCUT2D eigenvalue weighted by molar-refractivity contribution is 0.473. The summed E-state index contributed by atoms with van der Waals surface area (Å²) >= 11 is 0. The van der Waals surface area contributed by atoms with Crippen LogP contribution in [0.1, 0.15) is 11.1 Å². The predicted octanol–water partition coefficient (Wildman–Crippen LogP) is 3.78. The van der Waals surface area contributed by atoms with Crippen molar-refractivity contribution in [2.24, 2.45) is 0 Å². The first-order valence-electron chi connectivity index (χ1n) is 6.39. The summed E-state index contributed by atoms with van der Waals surface area (Å²) < 4.78 is 5.15. The molecule has 0 aliphatic carbocycles.